The monoisotopic (exact) mass is 337 g/mol. The highest BCUT2D eigenvalue weighted by atomic mass is 32.2. The average molecular weight is 337 g/mol. The van der Waals surface area contributed by atoms with Gasteiger partial charge in [-0.1, -0.05) is 59.8 Å². The van der Waals surface area contributed by atoms with Crippen LogP contribution in [0.1, 0.15) is 16.9 Å². The molecule has 0 atom stereocenters. The van der Waals surface area contributed by atoms with E-state index in [1.165, 1.54) is 22.9 Å². The fraction of sp³-hybridized carbons (Fsp3) is 0.150. The van der Waals surface area contributed by atoms with Crippen LogP contribution in [0.4, 0.5) is 5.69 Å². The molecule has 1 heterocycles. The van der Waals surface area contributed by atoms with Crippen LogP contribution in [-0.4, -0.2) is 11.7 Å². The Hall–Kier alpha value is -2.46. The van der Waals surface area contributed by atoms with E-state index in [9.17, 15) is 4.79 Å². The van der Waals surface area contributed by atoms with E-state index in [0.29, 0.717) is 5.75 Å². The molecule has 0 aliphatic rings. The van der Waals surface area contributed by atoms with Gasteiger partial charge in [-0.3, -0.25) is 4.79 Å². The molecule has 1 amide bonds. The zero-order chi connectivity index (χ0) is 16.8. The zero-order valence-electron chi connectivity index (χ0n) is 13.5. The predicted octanol–water partition coefficient (Wildman–Crippen LogP) is 4.91. The second kappa shape index (κ2) is 7.88. The van der Waals surface area contributed by atoms with Gasteiger partial charge >= 0.3 is 0 Å². The van der Waals surface area contributed by atoms with Gasteiger partial charge in [-0.05, 0) is 36.8 Å². The third-order valence-electron chi connectivity index (χ3n) is 3.54. The molecule has 0 aliphatic carbocycles. The SMILES string of the molecule is Cc1ccc(NC(=O)CSc2ccc(Cc3ccccc3)o2)cc1. The lowest BCUT2D eigenvalue weighted by atomic mass is 10.1. The van der Waals surface area contributed by atoms with Gasteiger partial charge in [0.2, 0.25) is 5.91 Å². The summed E-state index contributed by atoms with van der Waals surface area (Å²) in [5, 5.41) is 3.65. The predicted molar refractivity (Wildman–Crippen MR) is 98.5 cm³/mol. The highest BCUT2D eigenvalue weighted by Gasteiger charge is 2.08. The zero-order valence-corrected chi connectivity index (χ0v) is 14.3. The van der Waals surface area contributed by atoms with E-state index in [2.05, 4.69) is 17.4 Å². The van der Waals surface area contributed by atoms with Crippen molar-refractivity contribution < 1.29 is 9.21 Å². The number of carbonyl (C=O) groups excluding carboxylic acids is 1. The first kappa shape index (κ1) is 16.4. The van der Waals surface area contributed by atoms with Crippen molar-refractivity contribution in [2.45, 2.75) is 18.4 Å². The van der Waals surface area contributed by atoms with E-state index in [4.69, 9.17) is 4.42 Å². The number of carbonyl (C=O) groups is 1. The smallest absolute Gasteiger partial charge is 0.234 e. The van der Waals surface area contributed by atoms with E-state index in [0.717, 1.165) is 23.0 Å². The standard InChI is InChI=1S/C20H19NO2S/c1-15-7-9-17(10-8-15)21-19(22)14-24-20-12-11-18(23-20)13-16-5-3-2-4-6-16/h2-12H,13-14H2,1H3,(H,21,22). The molecule has 0 aliphatic heterocycles. The lowest BCUT2D eigenvalue weighted by molar-refractivity contribution is -0.113. The van der Waals surface area contributed by atoms with Crippen LogP contribution in [0.2, 0.25) is 0 Å². The van der Waals surface area contributed by atoms with Gasteiger partial charge in [0.1, 0.15) is 5.76 Å². The largest absolute Gasteiger partial charge is 0.455 e. The van der Waals surface area contributed by atoms with Crippen LogP contribution < -0.4 is 5.32 Å². The van der Waals surface area contributed by atoms with E-state index < -0.39 is 0 Å². The number of hydrogen-bond acceptors (Lipinski definition) is 3. The van der Waals surface area contributed by atoms with Crippen molar-refractivity contribution >= 4 is 23.4 Å². The summed E-state index contributed by atoms with van der Waals surface area (Å²) in [7, 11) is 0. The van der Waals surface area contributed by atoms with E-state index in [1.54, 1.807) is 0 Å². The molecule has 0 saturated heterocycles. The molecule has 4 heteroatoms. The van der Waals surface area contributed by atoms with Crippen LogP contribution in [0, 0.1) is 6.92 Å². The van der Waals surface area contributed by atoms with Crippen molar-refractivity contribution in [2.75, 3.05) is 11.1 Å². The highest BCUT2D eigenvalue weighted by molar-refractivity contribution is 7.99. The summed E-state index contributed by atoms with van der Waals surface area (Å²) in [5.41, 5.74) is 3.19. The van der Waals surface area contributed by atoms with Gasteiger partial charge in [0.25, 0.3) is 0 Å². The van der Waals surface area contributed by atoms with Crippen molar-refractivity contribution in [1.82, 2.24) is 0 Å². The highest BCUT2D eigenvalue weighted by Crippen LogP contribution is 2.23. The lowest BCUT2D eigenvalue weighted by Gasteiger charge is -2.04. The van der Waals surface area contributed by atoms with Crippen LogP contribution in [0.15, 0.2) is 76.2 Å². The van der Waals surface area contributed by atoms with E-state index in [1.807, 2.05) is 61.5 Å². The number of thioether (sulfide) groups is 1. The maximum absolute atomic E-state index is 12.0. The summed E-state index contributed by atoms with van der Waals surface area (Å²) in [4.78, 5) is 12.0. The van der Waals surface area contributed by atoms with Crippen LogP contribution >= 0.6 is 11.8 Å². The summed E-state index contributed by atoms with van der Waals surface area (Å²) < 4.78 is 5.79. The van der Waals surface area contributed by atoms with E-state index in [-0.39, 0.29) is 5.91 Å². The first-order valence-electron chi connectivity index (χ1n) is 7.81. The molecule has 0 radical (unpaired) electrons. The number of rotatable bonds is 6. The van der Waals surface area contributed by atoms with Crippen molar-refractivity contribution in [1.29, 1.82) is 0 Å². The maximum atomic E-state index is 12.0. The molecule has 0 unspecified atom stereocenters. The number of anilines is 1. The maximum Gasteiger partial charge on any atom is 0.234 e. The quantitative estimate of drug-likeness (QED) is 0.650. The summed E-state index contributed by atoms with van der Waals surface area (Å²) in [6, 6.07) is 21.8. The summed E-state index contributed by atoms with van der Waals surface area (Å²) in [6.07, 6.45) is 0.761. The number of aryl methyl sites for hydroxylation is 1. The molecule has 1 aromatic heterocycles. The van der Waals surface area contributed by atoms with Gasteiger partial charge in [-0.15, -0.1) is 0 Å². The number of hydrogen-bond donors (Lipinski definition) is 1. The minimum Gasteiger partial charge on any atom is -0.455 e. The number of furan rings is 1. The molecular weight excluding hydrogens is 318 g/mol. The Bertz CT molecular complexity index is 794. The molecule has 24 heavy (non-hydrogen) atoms. The Morgan fingerprint density at radius 3 is 2.50 bits per heavy atom. The van der Waals surface area contributed by atoms with Crippen LogP contribution in [-0.2, 0) is 11.2 Å². The van der Waals surface area contributed by atoms with Crippen molar-refractivity contribution in [3.8, 4) is 0 Å². The molecule has 3 nitrogen and oxygen atoms in total. The Morgan fingerprint density at radius 2 is 1.75 bits per heavy atom. The van der Waals surface area contributed by atoms with Crippen LogP contribution in [0.5, 0.6) is 0 Å². The second-order valence-electron chi connectivity index (χ2n) is 5.59. The fourth-order valence-corrected chi connectivity index (χ4v) is 2.97. The lowest BCUT2D eigenvalue weighted by Crippen LogP contribution is -2.13. The molecule has 3 aromatic rings. The van der Waals surface area contributed by atoms with Gasteiger partial charge in [-0.2, -0.15) is 0 Å². The molecule has 0 saturated carbocycles. The number of benzene rings is 2. The second-order valence-corrected chi connectivity index (χ2v) is 6.57. The van der Waals surface area contributed by atoms with Crippen molar-refractivity contribution in [3.63, 3.8) is 0 Å². The molecule has 0 fully saturated rings. The normalized spacial score (nSPS) is 10.5. The Labute approximate surface area is 146 Å². The third kappa shape index (κ3) is 4.77. The van der Waals surface area contributed by atoms with Gasteiger partial charge in [-0.25, -0.2) is 0 Å². The molecule has 2 aromatic carbocycles. The molecular formula is C20H19NO2S. The van der Waals surface area contributed by atoms with Gasteiger partial charge in [0.15, 0.2) is 5.09 Å². The van der Waals surface area contributed by atoms with Gasteiger partial charge in [0.05, 0.1) is 5.75 Å². The topological polar surface area (TPSA) is 42.2 Å². The van der Waals surface area contributed by atoms with Crippen molar-refractivity contribution in [2.24, 2.45) is 0 Å². The van der Waals surface area contributed by atoms with Gasteiger partial charge in [0, 0.05) is 12.1 Å². The number of nitrogens with one attached hydrogen (secondary N) is 1. The molecule has 0 bridgehead atoms. The summed E-state index contributed by atoms with van der Waals surface area (Å²) >= 11 is 1.40. The molecule has 1 N–H and O–H groups in total. The molecule has 3 rings (SSSR count). The van der Waals surface area contributed by atoms with Crippen LogP contribution in [0.25, 0.3) is 0 Å². The minimum atomic E-state index is -0.0372. The minimum absolute atomic E-state index is 0.0372. The van der Waals surface area contributed by atoms with Gasteiger partial charge < -0.3 is 9.73 Å². The molecule has 0 spiro atoms. The molecule has 122 valence electrons. The number of amides is 1. The fourth-order valence-electron chi connectivity index (χ4n) is 2.30. The first-order chi connectivity index (χ1) is 11.7. The Balaban J connectivity index is 1.50. The summed E-state index contributed by atoms with van der Waals surface area (Å²) in [6.45, 7) is 2.02. The van der Waals surface area contributed by atoms with Crippen molar-refractivity contribution in [3.05, 3.63) is 83.6 Å². The van der Waals surface area contributed by atoms with Crippen LogP contribution in [0.3, 0.4) is 0 Å². The van der Waals surface area contributed by atoms with E-state index >= 15 is 0 Å². The Morgan fingerprint density at radius 1 is 1.00 bits per heavy atom. The summed E-state index contributed by atoms with van der Waals surface area (Å²) in [5.74, 6) is 1.19. The average Bonchev–Trinajstić information content (AvgIpc) is 3.03. The third-order valence-corrected chi connectivity index (χ3v) is 4.45. The Kier molecular flexibility index (Phi) is 5.39. The first-order valence-corrected chi connectivity index (χ1v) is 8.79.